The molecule has 0 bridgehead atoms. The molecule has 2 aromatic rings. The van der Waals surface area contributed by atoms with Gasteiger partial charge in [-0.2, -0.15) is 0 Å². The van der Waals surface area contributed by atoms with E-state index < -0.39 is 6.10 Å². The molecule has 2 aromatic carbocycles. The van der Waals surface area contributed by atoms with Gasteiger partial charge in [0.15, 0.2) is 0 Å². The number of hydrogen-bond donors (Lipinski definition) is 2. The molecule has 2 rings (SSSR count). The van der Waals surface area contributed by atoms with E-state index in [1.807, 2.05) is 0 Å². The number of amides is 1. The molecule has 2 N–H and O–H groups in total. The highest BCUT2D eigenvalue weighted by Crippen LogP contribution is 2.23. The number of halogens is 3. The van der Waals surface area contributed by atoms with Crippen LogP contribution in [0.5, 0.6) is 0 Å². The van der Waals surface area contributed by atoms with E-state index in [1.165, 1.54) is 12.1 Å². The van der Waals surface area contributed by atoms with Crippen molar-refractivity contribution in [3.63, 3.8) is 0 Å². The van der Waals surface area contributed by atoms with Gasteiger partial charge in [-0.3, -0.25) is 4.79 Å². The maximum absolute atomic E-state index is 13.0. The predicted molar refractivity (Wildman–Crippen MR) is 84.5 cm³/mol. The molecule has 0 aliphatic carbocycles. The van der Waals surface area contributed by atoms with Crippen molar-refractivity contribution in [3.05, 3.63) is 69.5 Å². The van der Waals surface area contributed by atoms with Crippen molar-refractivity contribution in [1.82, 2.24) is 5.32 Å². The molecule has 0 radical (unpaired) electrons. The van der Waals surface area contributed by atoms with Crippen molar-refractivity contribution in [3.8, 4) is 0 Å². The summed E-state index contributed by atoms with van der Waals surface area (Å²) in [6.07, 6.45) is -0.881. The van der Waals surface area contributed by atoms with Crippen molar-refractivity contribution >= 4 is 29.1 Å². The second kappa shape index (κ2) is 7.58. The summed E-state index contributed by atoms with van der Waals surface area (Å²) in [5.74, 6) is -0.698. The number of hydrogen-bond acceptors (Lipinski definition) is 2. The van der Waals surface area contributed by atoms with Crippen LogP contribution in [0.1, 0.15) is 17.2 Å². The van der Waals surface area contributed by atoms with E-state index in [0.717, 1.165) is 0 Å². The molecule has 3 nitrogen and oxygen atoms in total. The molecule has 0 spiro atoms. The Morgan fingerprint density at radius 1 is 1.18 bits per heavy atom. The number of carbonyl (C=O) groups excluding carboxylic acids is 1. The highest BCUT2D eigenvalue weighted by Gasteiger charge is 2.11. The molecular formula is C16H14Cl2FNO2. The standard InChI is InChI=1S/C16H14Cl2FNO2/c17-12-6-11(7-13(18)8-12)15(21)9-20-16(22)5-10-2-1-3-14(19)4-10/h1-4,6-8,15,21H,5,9H2,(H,20,22). The van der Waals surface area contributed by atoms with Crippen LogP contribution >= 0.6 is 23.2 Å². The molecule has 1 amide bonds. The third-order valence-electron chi connectivity index (χ3n) is 3.02. The first-order valence-electron chi connectivity index (χ1n) is 6.59. The Bertz CT molecular complexity index is 659. The molecule has 0 fully saturated rings. The number of aliphatic hydroxyl groups is 1. The van der Waals surface area contributed by atoms with E-state index in [-0.39, 0.29) is 24.7 Å². The average Bonchev–Trinajstić information content (AvgIpc) is 2.43. The van der Waals surface area contributed by atoms with Crippen LogP contribution in [-0.4, -0.2) is 17.6 Å². The molecule has 22 heavy (non-hydrogen) atoms. The maximum atomic E-state index is 13.0. The van der Waals surface area contributed by atoms with Crippen LogP contribution in [0, 0.1) is 5.82 Å². The van der Waals surface area contributed by atoms with Gasteiger partial charge >= 0.3 is 0 Å². The molecule has 116 valence electrons. The van der Waals surface area contributed by atoms with Crippen LogP contribution in [0.25, 0.3) is 0 Å². The second-order valence-corrected chi connectivity index (χ2v) is 5.70. The summed E-state index contributed by atoms with van der Waals surface area (Å²) in [6, 6.07) is 10.5. The second-order valence-electron chi connectivity index (χ2n) is 4.83. The fourth-order valence-electron chi connectivity index (χ4n) is 1.99. The number of benzene rings is 2. The van der Waals surface area contributed by atoms with Crippen LogP contribution in [0.2, 0.25) is 10.0 Å². The van der Waals surface area contributed by atoms with Gasteiger partial charge in [0.1, 0.15) is 5.82 Å². The average molecular weight is 342 g/mol. The summed E-state index contributed by atoms with van der Waals surface area (Å²) < 4.78 is 13.0. The predicted octanol–water partition coefficient (Wildman–Crippen LogP) is 3.52. The maximum Gasteiger partial charge on any atom is 0.224 e. The Morgan fingerprint density at radius 3 is 2.50 bits per heavy atom. The van der Waals surface area contributed by atoms with Crippen LogP contribution in [-0.2, 0) is 11.2 Å². The van der Waals surface area contributed by atoms with Crippen molar-refractivity contribution in [2.75, 3.05) is 6.54 Å². The highest BCUT2D eigenvalue weighted by molar-refractivity contribution is 6.34. The van der Waals surface area contributed by atoms with Gasteiger partial charge in [0.25, 0.3) is 0 Å². The summed E-state index contributed by atoms with van der Waals surface area (Å²) in [5, 5.41) is 13.4. The lowest BCUT2D eigenvalue weighted by Gasteiger charge is -2.13. The van der Waals surface area contributed by atoms with E-state index in [9.17, 15) is 14.3 Å². The molecule has 0 heterocycles. The van der Waals surface area contributed by atoms with Gasteiger partial charge < -0.3 is 10.4 Å². The van der Waals surface area contributed by atoms with Crippen molar-refractivity contribution in [2.45, 2.75) is 12.5 Å². The largest absolute Gasteiger partial charge is 0.387 e. The Kier molecular flexibility index (Phi) is 5.77. The third kappa shape index (κ3) is 4.98. The number of nitrogens with one attached hydrogen (secondary N) is 1. The van der Waals surface area contributed by atoms with Gasteiger partial charge in [-0.25, -0.2) is 4.39 Å². The number of aliphatic hydroxyl groups excluding tert-OH is 1. The van der Waals surface area contributed by atoms with Gasteiger partial charge in [-0.05, 0) is 41.5 Å². The third-order valence-corrected chi connectivity index (χ3v) is 3.45. The van der Waals surface area contributed by atoms with Crippen molar-refractivity contribution < 1.29 is 14.3 Å². The van der Waals surface area contributed by atoms with E-state index in [4.69, 9.17) is 23.2 Å². The minimum Gasteiger partial charge on any atom is -0.387 e. The van der Waals surface area contributed by atoms with E-state index in [1.54, 1.807) is 30.3 Å². The van der Waals surface area contributed by atoms with Gasteiger partial charge in [-0.15, -0.1) is 0 Å². The molecule has 0 aromatic heterocycles. The first-order chi connectivity index (χ1) is 10.4. The minimum atomic E-state index is -0.923. The SMILES string of the molecule is O=C(Cc1cccc(F)c1)NCC(O)c1cc(Cl)cc(Cl)c1. The molecule has 0 aliphatic rings. The van der Waals surface area contributed by atoms with E-state index in [0.29, 0.717) is 21.2 Å². The normalized spacial score (nSPS) is 12.0. The van der Waals surface area contributed by atoms with Crippen LogP contribution in [0.3, 0.4) is 0 Å². The first kappa shape index (κ1) is 16.7. The van der Waals surface area contributed by atoms with Crippen LogP contribution in [0.15, 0.2) is 42.5 Å². The number of rotatable bonds is 5. The topological polar surface area (TPSA) is 49.3 Å². The van der Waals surface area contributed by atoms with Gasteiger partial charge in [0.2, 0.25) is 5.91 Å². The van der Waals surface area contributed by atoms with Gasteiger partial charge in [0, 0.05) is 16.6 Å². The monoisotopic (exact) mass is 341 g/mol. The van der Waals surface area contributed by atoms with Crippen LogP contribution < -0.4 is 5.32 Å². The smallest absolute Gasteiger partial charge is 0.224 e. The zero-order valence-corrected chi connectivity index (χ0v) is 13.0. The summed E-state index contributed by atoms with van der Waals surface area (Å²) >= 11 is 11.7. The molecule has 0 saturated carbocycles. The first-order valence-corrected chi connectivity index (χ1v) is 7.35. The van der Waals surface area contributed by atoms with Gasteiger partial charge in [-0.1, -0.05) is 35.3 Å². The minimum absolute atomic E-state index is 0.0187. The summed E-state index contributed by atoms with van der Waals surface area (Å²) in [6.45, 7) is 0.0187. The van der Waals surface area contributed by atoms with Gasteiger partial charge in [0.05, 0.1) is 12.5 Å². The lowest BCUT2D eigenvalue weighted by Crippen LogP contribution is -2.29. The van der Waals surface area contributed by atoms with Crippen LogP contribution in [0.4, 0.5) is 4.39 Å². The molecule has 1 unspecified atom stereocenters. The Hall–Kier alpha value is -1.62. The van der Waals surface area contributed by atoms with Crippen molar-refractivity contribution in [2.24, 2.45) is 0 Å². The molecule has 0 saturated heterocycles. The Balaban J connectivity index is 1.90. The summed E-state index contributed by atoms with van der Waals surface area (Å²) in [5.41, 5.74) is 1.08. The Labute approximate surface area is 137 Å². The Morgan fingerprint density at radius 2 is 1.86 bits per heavy atom. The zero-order chi connectivity index (χ0) is 16.1. The van der Waals surface area contributed by atoms with E-state index in [2.05, 4.69) is 5.32 Å². The van der Waals surface area contributed by atoms with Crippen molar-refractivity contribution in [1.29, 1.82) is 0 Å². The number of carbonyl (C=O) groups is 1. The lowest BCUT2D eigenvalue weighted by molar-refractivity contribution is -0.120. The molecular weight excluding hydrogens is 328 g/mol. The molecule has 6 heteroatoms. The molecule has 0 aliphatic heterocycles. The summed E-state index contributed by atoms with van der Waals surface area (Å²) in [4.78, 5) is 11.8. The summed E-state index contributed by atoms with van der Waals surface area (Å²) in [7, 11) is 0. The lowest BCUT2D eigenvalue weighted by atomic mass is 10.1. The highest BCUT2D eigenvalue weighted by atomic mass is 35.5. The zero-order valence-electron chi connectivity index (χ0n) is 11.5. The van der Waals surface area contributed by atoms with E-state index >= 15 is 0 Å². The molecule has 1 atom stereocenters. The quantitative estimate of drug-likeness (QED) is 0.873. The fourth-order valence-corrected chi connectivity index (χ4v) is 2.53. The fraction of sp³-hybridized carbons (Fsp3) is 0.188.